The molecule has 0 bridgehead atoms. The molecule has 3 rings (SSSR count). The van der Waals surface area contributed by atoms with Crippen molar-refractivity contribution >= 4 is 5.96 Å². The molecule has 0 aromatic rings. The van der Waals surface area contributed by atoms with E-state index in [0.29, 0.717) is 6.04 Å². The van der Waals surface area contributed by atoms with Gasteiger partial charge in [0.25, 0.3) is 0 Å². The largest absolute Gasteiger partial charge is 0.355 e. The van der Waals surface area contributed by atoms with E-state index in [1.807, 2.05) is 7.05 Å². The summed E-state index contributed by atoms with van der Waals surface area (Å²) < 4.78 is 0. The molecule has 3 saturated heterocycles. The highest BCUT2D eigenvalue weighted by Gasteiger charge is 2.31. The first-order valence-corrected chi connectivity index (χ1v) is 9.26. The molecule has 0 aromatic heterocycles. The predicted molar refractivity (Wildman–Crippen MR) is 96.1 cm³/mol. The first-order chi connectivity index (χ1) is 11.2. The van der Waals surface area contributed by atoms with E-state index in [-0.39, 0.29) is 0 Å². The third-order valence-corrected chi connectivity index (χ3v) is 5.81. The molecule has 3 aliphatic rings. The number of aliphatic imine (C=N–C) groups is 1. The molecule has 0 spiro atoms. The molecule has 2 unspecified atom stereocenters. The van der Waals surface area contributed by atoms with Crippen molar-refractivity contribution in [2.45, 2.75) is 31.3 Å². The maximum absolute atomic E-state index is 4.54. The molecule has 0 radical (unpaired) electrons. The summed E-state index contributed by atoms with van der Waals surface area (Å²) in [5.41, 5.74) is 0. The molecule has 23 heavy (non-hydrogen) atoms. The highest BCUT2D eigenvalue weighted by atomic mass is 15.4. The molecule has 0 amide bonds. The standard InChI is InChI=1S/C17H34N6/c1-18-17(19-12-16-13-20(2)10-11-21(16)3)23-9-6-15(14-23)22-7-4-5-8-22/h15-16H,4-14H2,1-3H3,(H,18,19). The Kier molecular flexibility index (Phi) is 5.77. The lowest BCUT2D eigenvalue weighted by molar-refractivity contribution is 0.116. The van der Waals surface area contributed by atoms with Gasteiger partial charge in [-0.1, -0.05) is 0 Å². The minimum absolute atomic E-state index is 0.572. The fourth-order valence-electron chi connectivity index (χ4n) is 4.20. The number of rotatable bonds is 3. The number of hydrogen-bond donors (Lipinski definition) is 1. The van der Waals surface area contributed by atoms with Crippen molar-refractivity contribution < 1.29 is 0 Å². The summed E-state index contributed by atoms with van der Waals surface area (Å²) in [5, 5.41) is 3.63. The highest BCUT2D eigenvalue weighted by Crippen LogP contribution is 2.20. The van der Waals surface area contributed by atoms with E-state index in [1.54, 1.807) is 0 Å². The summed E-state index contributed by atoms with van der Waals surface area (Å²) in [5.74, 6) is 1.09. The van der Waals surface area contributed by atoms with Crippen LogP contribution in [0.25, 0.3) is 0 Å². The van der Waals surface area contributed by atoms with E-state index in [9.17, 15) is 0 Å². The Morgan fingerprint density at radius 3 is 2.57 bits per heavy atom. The maximum Gasteiger partial charge on any atom is 0.193 e. The van der Waals surface area contributed by atoms with Crippen molar-refractivity contribution in [2.24, 2.45) is 4.99 Å². The average molecular weight is 323 g/mol. The van der Waals surface area contributed by atoms with Gasteiger partial charge in [-0.3, -0.25) is 14.8 Å². The predicted octanol–water partition coefficient (Wildman–Crippen LogP) is -0.0223. The molecule has 3 aliphatic heterocycles. The molecule has 0 saturated carbocycles. The zero-order valence-corrected chi connectivity index (χ0v) is 15.2. The van der Waals surface area contributed by atoms with Crippen LogP contribution in [0.3, 0.4) is 0 Å². The van der Waals surface area contributed by atoms with E-state index >= 15 is 0 Å². The molecule has 3 fully saturated rings. The summed E-state index contributed by atoms with van der Waals surface area (Å²) in [4.78, 5) is 14.6. The first-order valence-electron chi connectivity index (χ1n) is 9.26. The summed E-state index contributed by atoms with van der Waals surface area (Å²) in [6.45, 7) is 9.32. The number of nitrogens with zero attached hydrogens (tertiary/aromatic N) is 5. The van der Waals surface area contributed by atoms with Gasteiger partial charge in [-0.2, -0.15) is 0 Å². The number of likely N-dealkylation sites (N-methyl/N-ethyl adjacent to an activating group) is 2. The van der Waals surface area contributed by atoms with Crippen molar-refractivity contribution in [1.82, 2.24) is 24.9 Å². The van der Waals surface area contributed by atoms with Crippen molar-refractivity contribution in [1.29, 1.82) is 0 Å². The number of guanidine groups is 1. The summed E-state index contributed by atoms with van der Waals surface area (Å²) in [6.07, 6.45) is 4.04. The minimum Gasteiger partial charge on any atom is -0.355 e. The van der Waals surface area contributed by atoms with Crippen LogP contribution in [0.1, 0.15) is 19.3 Å². The monoisotopic (exact) mass is 322 g/mol. The molecule has 0 aliphatic carbocycles. The van der Waals surface area contributed by atoms with Crippen LogP contribution < -0.4 is 5.32 Å². The zero-order valence-electron chi connectivity index (χ0n) is 15.2. The Labute approximate surface area is 141 Å². The van der Waals surface area contributed by atoms with Gasteiger partial charge < -0.3 is 15.1 Å². The third-order valence-electron chi connectivity index (χ3n) is 5.81. The topological polar surface area (TPSA) is 37.4 Å². The lowest BCUT2D eigenvalue weighted by Gasteiger charge is -2.38. The Hall–Kier alpha value is -0.850. The second kappa shape index (κ2) is 7.81. The summed E-state index contributed by atoms with van der Waals surface area (Å²) >= 11 is 0. The SMILES string of the molecule is CN=C(NCC1CN(C)CCN1C)N1CCC(N2CCCC2)C1. The van der Waals surface area contributed by atoms with E-state index in [2.05, 4.69) is 44.0 Å². The van der Waals surface area contributed by atoms with E-state index in [0.717, 1.165) is 44.7 Å². The normalized spacial score (nSPS) is 32.0. The maximum atomic E-state index is 4.54. The summed E-state index contributed by atoms with van der Waals surface area (Å²) in [7, 11) is 6.37. The van der Waals surface area contributed by atoms with Crippen LogP contribution >= 0.6 is 0 Å². The van der Waals surface area contributed by atoms with Crippen molar-refractivity contribution in [2.75, 3.05) is 73.5 Å². The van der Waals surface area contributed by atoms with E-state index in [1.165, 1.54) is 38.9 Å². The van der Waals surface area contributed by atoms with Crippen LogP contribution in [-0.4, -0.2) is 111 Å². The molecule has 6 nitrogen and oxygen atoms in total. The minimum atomic E-state index is 0.572. The molecular formula is C17H34N6. The van der Waals surface area contributed by atoms with Crippen molar-refractivity contribution in [3.63, 3.8) is 0 Å². The molecule has 0 aromatic carbocycles. The number of nitrogens with one attached hydrogen (secondary N) is 1. The Morgan fingerprint density at radius 2 is 1.83 bits per heavy atom. The lowest BCUT2D eigenvalue weighted by Crippen LogP contribution is -2.55. The van der Waals surface area contributed by atoms with Gasteiger partial charge >= 0.3 is 0 Å². The Bertz CT molecular complexity index is 406. The highest BCUT2D eigenvalue weighted by molar-refractivity contribution is 5.80. The quantitative estimate of drug-likeness (QED) is 0.584. The second-order valence-corrected chi connectivity index (χ2v) is 7.46. The van der Waals surface area contributed by atoms with E-state index < -0.39 is 0 Å². The van der Waals surface area contributed by atoms with Gasteiger partial charge in [0.2, 0.25) is 0 Å². The van der Waals surface area contributed by atoms with Crippen molar-refractivity contribution in [3.8, 4) is 0 Å². The Balaban J connectivity index is 1.48. The third kappa shape index (κ3) is 4.17. The van der Waals surface area contributed by atoms with Gasteiger partial charge in [0.15, 0.2) is 5.96 Å². The fraction of sp³-hybridized carbons (Fsp3) is 0.941. The first kappa shape index (κ1) is 17.0. The molecule has 2 atom stereocenters. The van der Waals surface area contributed by atoms with Gasteiger partial charge in [-0.05, 0) is 46.4 Å². The Morgan fingerprint density at radius 1 is 1.04 bits per heavy atom. The number of piperazine rings is 1. The van der Waals surface area contributed by atoms with Crippen LogP contribution in [0.2, 0.25) is 0 Å². The molecule has 6 heteroatoms. The fourth-order valence-corrected chi connectivity index (χ4v) is 4.20. The molecule has 132 valence electrons. The van der Waals surface area contributed by atoms with Gasteiger partial charge in [0.05, 0.1) is 0 Å². The smallest absolute Gasteiger partial charge is 0.193 e. The van der Waals surface area contributed by atoms with E-state index in [4.69, 9.17) is 0 Å². The van der Waals surface area contributed by atoms with Crippen LogP contribution in [-0.2, 0) is 0 Å². The second-order valence-electron chi connectivity index (χ2n) is 7.46. The van der Waals surface area contributed by atoms with Gasteiger partial charge in [0, 0.05) is 58.4 Å². The lowest BCUT2D eigenvalue weighted by atomic mass is 10.2. The zero-order chi connectivity index (χ0) is 16.2. The van der Waals surface area contributed by atoms with Crippen LogP contribution in [0.4, 0.5) is 0 Å². The van der Waals surface area contributed by atoms with Gasteiger partial charge in [-0.15, -0.1) is 0 Å². The van der Waals surface area contributed by atoms with Crippen LogP contribution in [0.5, 0.6) is 0 Å². The number of hydrogen-bond acceptors (Lipinski definition) is 4. The molecule has 3 heterocycles. The summed E-state index contributed by atoms with van der Waals surface area (Å²) in [6, 6.07) is 1.31. The van der Waals surface area contributed by atoms with Gasteiger partial charge in [-0.25, -0.2) is 0 Å². The van der Waals surface area contributed by atoms with Crippen molar-refractivity contribution in [3.05, 3.63) is 0 Å². The van der Waals surface area contributed by atoms with Crippen LogP contribution in [0, 0.1) is 0 Å². The van der Waals surface area contributed by atoms with Crippen LogP contribution in [0.15, 0.2) is 4.99 Å². The van der Waals surface area contributed by atoms with Gasteiger partial charge in [0.1, 0.15) is 0 Å². The molecular weight excluding hydrogens is 288 g/mol. The molecule has 1 N–H and O–H groups in total. The number of likely N-dealkylation sites (tertiary alicyclic amines) is 2. The average Bonchev–Trinajstić information content (AvgIpc) is 3.22.